The Bertz CT molecular complexity index is 1850. The van der Waals surface area contributed by atoms with Crippen LogP contribution in [0.2, 0.25) is 0 Å². The molecule has 2 amide bonds. The van der Waals surface area contributed by atoms with Crippen molar-refractivity contribution >= 4 is 56.2 Å². The van der Waals surface area contributed by atoms with Gasteiger partial charge in [-0.05, 0) is 30.7 Å². The van der Waals surface area contributed by atoms with Crippen molar-refractivity contribution in [3.8, 4) is 10.6 Å². The lowest BCUT2D eigenvalue weighted by Crippen LogP contribution is -2.36. The van der Waals surface area contributed by atoms with Gasteiger partial charge in [-0.3, -0.25) is 24.3 Å². The Labute approximate surface area is 233 Å². The first kappa shape index (κ1) is 25.7. The topological polar surface area (TPSA) is 158 Å². The molecule has 0 radical (unpaired) electrons. The highest BCUT2D eigenvalue weighted by molar-refractivity contribution is 7.19. The molecule has 0 unspecified atom stereocenters. The number of amides is 2. The predicted octanol–water partition coefficient (Wildman–Crippen LogP) is 3.71. The smallest absolute Gasteiger partial charge is 0.294 e. The van der Waals surface area contributed by atoms with E-state index in [9.17, 15) is 18.8 Å². The Morgan fingerprint density at radius 3 is 2.80 bits per heavy atom. The lowest BCUT2D eigenvalue weighted by molar-refractivity contribution is -0.124. The van der Waals surface area contributed by atoms with Crippen molar-refractivity contribution in [1.29, 1.82) is 0 Å². The third kappa shape index (κ3) is 4.71. The van der Waals surface area contributed by atoms with Gasteiger partial charge in [-0.2, -0.15) is 0 Å². The van der Waals surface area contributed by atoms with Gasteiger partial charge in [0, 0.05) is 44.5 Å². The summed E-state index contributed by atoms with van der Waals surface area (Å²) < 4.78 is 16.5. The maximum absolute atomic E-state index is 14.1. The van der Waals surface area contributed by atoms with Crippen LogP contribution in [0.15, 0.2) is 53.6 Å². The molecule has 14 heteroatoms. The van der Waals surface area contributed by atoms with Crippen LogP contribution in [-0.2, 0) is 11.3 Å². The summed E-state index contributed by atoms with van der Waals surface area (Å²) in [4.78, 5) is 48.6. The van der Waals surface area contributed by atoms with Crippen molar-refractivity contribution in [3.63, 3.8) is 0 Å². The van der Waals surface area contributed by atoms with E-state index < -0.39 is 23.3 Å². The zero-order valence-electron chi connectivity index (χ0n) is 20.9. The maximum atomic E-state index is 14.1. The highest BCUT2D eigenvalue weighted by Gasteiger charge is 2.35. The summed E-state index contributed by atoms with van der Waals surface area (Å²) in [6, 6.07) is 8.98. The number of fused-ring (bicyclic) bond motifs is 2. The zero-order chi connectivity index (χ0) is 28.0. The van der Waals surface area contributed by atoms with Crippen molar-refractivity contribution in [2.45, 2.75) is 31.8 Å². The summed E-state index contributed by atoms with van der Waals surface area (Å²) in [5, 5.41) is 14.2. The van der Waals surface area contributed by atoms with Crippen LogP contribution in [-0.4, -0.2) is 36.5 Å². The van der Waals surface area contributed by atoms with E-state index in [1.165, 1.54) is 34.2 Å². The molecule has 202 valence electrons. The number of pyridine rings is 1. The van der Waals surface area contributed by atoms with E-state index in [1.807, 2.05) is 13.0 Å². The van der Waals surface area contributed by atoms with E-state index in [0.717, 1.165) is 26.3 Å². The summed E-state index contributed by atoms with van der Waals surface area (Å²) in [6.45, 7) is 2.19. The van der Waals surface area contributed by atoms with E-state index in [1.54, 1.807) is 24.4 Å². The van der Waals surface area contributed by atoms with Crippen LogP contribution >= 0.6 is 22.7 Å². The molecule has 1 aromatic carbocycles. The number of halogens is 1. The van der Waals surface area contributed by atoms with Crippen molar-refractivity contribution in [1.82, 2.24) is 30.0 Å². The van der Waals surface area contributed by atoms with E-state index in [2.05, 4.69) is 30.8 Å². The molecule has 0 saturated carbocycles. The molecule has 0 bridgehead atoms. The third-order valence-electron chi connectivity index (χ3n) is 6.59. The standard InChI is InChI=1S/C26H21FN8O3S2/c1-12-6-17(22(36)31-10-14-7-13-9-29-20(28)8-19(13)39-14)35-18(12)11-30-21(26(35)38)32-23(37)25-34-33-24(40-25)15-4-2-3-5-16(15)27/h2-5,7-9,11-12,17H,6,10H2,1H3,(H2,28,29)(H,31,36)(H,30,32,37)/t12-,17-/m0/s1. The second kappa shape index (κ2) is 10.2. The highest BCUT2D eigenvalue weighted by Crippen LogP contribution is 2.34. The van der Waals surface area contributed by atoms with Gasteiger partial charge in [0.15, 0.2) is 10.8 Å². The number of aromatic nitrogens is 5. The molecule has 4 N–H and O–H groups in total. The summed E-state index contributed by atoms with van der Waals surface area (Å²) in [5.41, 5.74) is 5.98. The molecular weight excluding hydrogens is 555 g/mol. The van der Waals surface area contributed by atoms with Crippen LogP contribution in [0.1, 0.15) is 45.7 Å². The summed E-state index contributed by atoms with van der Waals surface area (Å²) in [7, 11) is 0. The first-order valence-corrected chi connectivity index (χ1v) is 13.8. The Morgan fingerprint density at radius 1 is 1.15 bits per heavy atom. The molecule has 1 aliphatic rings. The number of benzene rings is 1. The molecule has 5 heterocycles. The van der Waals surface area contributed by atoms with Crippen molar-refractivity contribution < 1.29 is 14.0 Å². The summed E-state index contributed by atoms with van der Waals surface area (Å²) in [6.07, 6.45) is 3.59. The number of thiophene rings is 1. The normalized spacial score (nSPS) is 16.1. The number of nitrogen functional groups attached to an aromatic ring is 1. The van der Waals surface area contributed by atoms with Gasteiger partial charge >= 0.3 is 0 Å². The van der Waals surface area contributed by atoms with E-state index >= 15 is 0 Å². The third-order valence-corrected chi connectivity index (χ3v) is 8.64. The largest absolute Gasteiger partial charge is 0.384 e. The molecule has 0 spiro atoms. The molecule has 11 nitrogen and oxygen atoms in total. The minimum atomic E-state index is -0.767. The molecule has 2 atom stereocenters. The van der Waals surface area contributed by atoms with Gasteiger partial charge in [-0.1, -0.05) is 30.4 Å². The molecule has 0 aliphatic carbocycles. The number of nitrogens with two attached hydrogens (primary N) is 1. The number of carbonyl (C=O) groups excluding carboxylic acids is 2. The van der Waals surface area contributed by atoms with Crippen molar-refractivity contribution in [3.05, 3.63) is 80.5 Å². The fourth-order valence-electron chi connectivity index (χ4n) is 4.64. The fourth-order valence-corrected chi connectivity index (χ4v) is 6.43. The SMILES string of the molecule is C[C@H]1C[C@@H](C(=O)NCc2cc3cnc(N)cc3s2)n2c1cnc(NC(=O)c1nnc(-c3ccccc3F)s1)c2=O. The first-order chi connectivity index (χ1) is 19.3. The zero-order valence-corrected chi connectivity index (χ0v) is 22.6. The van der Waals surface area contributed by atoms with E-state index in [-0.39, 0.29) is 39.8 Å². The highest BCUT2D eigenvalue weighted by atomic mass is 32.1. The Hall–Kier alpha value is -4.56. The number of rotatable bonds is 6. The van der Waals surface area contributed by atoms with Crippen LogP contribution in [0.4, 0.5) is 16.0 Å². The second-order valence-corrected chi connectivity index (χ2v) is 11.4. The lowest BCUT2D eigenvalue weighted by atomic mass is 10.0. The Morgan fingerprint density at radius 2 is 1.98 bits per heavy atom. The van der Waals surface area contributed by atoms with Crippen LogP contribution < -0.4 is 21.9 Å². The first-order valence-electron chi connectivity index (χ1n) is 12.2. The second-order valence-electron chi connectivity index (χ2n) is 9.28. The molecule has 5 aromatic rings. The molecule has 4 aromatic heterocycles. The minimum Gasteiger partial charge on any atom is -0.384 e. The molecule has 0 saturated heterocycles. The van der Waals surface area contributed by atoms with Gasteiger partial charge < -0.3 is 11.1 Å². The molecule has 1 aliphatic heterocycles. The van der Waals surface area contributed by atoms with Crippen LogP contribution in [0.25, 0.3) is 20.7 Å². The monoisotopic (exact) mass is 576 g/mol. The number of hydrogen-bond acceptors (Lipinski definition) is 10. The Balaban J connectivity index is 1.20. The summed E-state index contributed by atoms with van der Waals surface area (Å²) >= 11 is 2.39. The molecule has 40 heavy (non-hydrogen) atoms. The van der Waals surface area contributed by atoms with Gasteiger partial charge in [-0.25, -0.2) is 14.4 Å². The Kier molecular flexibility index (Phi) is 6.56. The van der Waals surface area contributed by atoms with Crippen molar-refractivity contribution in [2.75, 3.05) is 11.1 Å². The van der Waals surface area contributed by atoms with Crippen LogP contribution in [0, 0.1) is 5.82 Å². The van der Waals surface area contributed by atoms with Gasteiger partial charge in [0.2, 0.25) is 10.9 Å². The van der Waals surface area contributed by atoms with Gasteiger partial charge in [0.1, 0.15) is 17.7 Å². The van der Waals surface area contributed by atoms with E-state index in [0.29, 0.717) is 17.9 Å². The quantitative estimate of drug-likeness (QED) is 0.276. The molecular formula is C26H21FN8O3S2. The van der Waals surface area contributed by atoms with Gasteiger partial charge in [0.05, 0.1) is 6.54 Å². The maximum Gasteiger partial charge on any atom is 0.294 e. The average Bonchev–Trinajstić information content (AvgIpc) is 3.66. The predicted molar refractivity (Wildman–Crippen MR) is 150 cm³/mol. The van der Waals surface area contributed by atoms with E-state index in [4.69, 9.17) is 5.73 Å². The molecule has 6 rings (SSSR count). The number of carbonyl (C=O) groups is 2. The van der Waals surface area contributed by atoms with Crippen LogP contribution in [0.3, 0.4) is 0 Å². The van der Waals surface area contributed by atoms with Crippen LogP contribution in [0.5, 0.6) is 0 Å². The lowest BCUT2D eigenvalue weighted by Gasteiger charge is -2.15. The minimum absolute atomic E-state index is 0.0621. The number of nitrogens with one attached hydrogen (secondary N) is 2. The van der Waals surface area contributed by atoms with Gasteiger partial charge in [0.25, 0.3) is 11.5 Å². The van der Waals surface area contributed by atoms with Crippen molar-refractivity contribution in [2.24, 2.45) is 0 Å². The number of hydrogen-bond donors (Lipinski definition) is 3. The summed E-state index contributed by atoms with van der Waals surface area (Å²) in [5.74, 6) is -1.42. The van der Waals surface area contributed by atoms with Gasteiger partial charge in [-0.15, -0.1) is 21.5 Å². The molecule has 0 fully saturated rings. The number of anilines is 2. The number of nitrogens with zero attached hydrogens (tertiary/aromatic N) is 5. The fraction of sp³-hybridized carbons (Fsp3) is 0.192. The average molecular weight is 577 g/mol.